The van der Waals surface area contributed by atoms with E-state index in [-0.39, 0.29) is 0 Å². The third-order valence-electron chi connectivity index (χ3n) is 4.64. The summed E-state index contributed by atoms with van der Waals surface area (Å²) in [5.41, 5.74) is -1.58. The third kappa shape index (κ3) is 9.77. The second-order valence-corrected chi connectivity index (χ2v) is 10.6. The molecule has 2 rings (SSSR count). The van der Waals surface area contributed by atoms with E-state index < -0.39 is 96.1 Å². The predicted molar refractivity (Wildman–Crippen MR) is 116 cm³/mol. The lowest BCUT2D eigenvalue weighted by Gasteiger charge is -2.38. The van der Waals surface area contributed by atoms with Crippen LogP contribution in [0.5, 0.6) is 0 Å². The van der Waals surface area contributed by atoms with E-state index in [4.69, 9.17) is 14.6 Å². The van der Waals surface area contributed by atoms with Gasteiger partial charge >= 0.3 is 21.3 Å². The van der Waals surface area contributed by atoms with Crippen LogP contribution in [0.15, 0.2) is 21.9 Å². The van der Waals surface area contributed by atoms with Gasteiger partial charge in [0.05, 0.1) is 19.8 Å². The monoisotopic (exact) mass is 579 g/mol. The van der Waals surface area contributed by atoms with Crippen LogP contribution >= 0.6 is 15.6 Å². The SMILES string of the molecule is CC(=O)NC1C(O)[C@H](O)CO[C@@H]1O[P@@](=O)(O)O[P@@](=O)(O)OC[C@@H](OCn1ccc(=O)[nH]c1=O)C(O)CO. The summed E-state index contributed by atoms with van der Waals surface area (Å²) >= 11 is 0. The second-order valence-electron chi connectivity index (χ2n) is 7.57. The Morgan fingerprint density at radius 2 is 1.97 bits per heavy atom. The van der Waals surface area contributed by atoms with Crippen molar-refractivity contribution in [1.29, 1.82) is 0 Å². The van der Waals surface area contributed by atoms with Gasteiger partial charge in [-0.2, -0.15) is 4.31 Å². The van der Waals surface area contributed by atoms with Crippen molar-refractivity contribution >= 4 is 21.6 Å². The lowest BCUT2D eigenvalue weighted by Crippen LogP contribution is -2.60. The molecule has 0 aliphatic carbocycles. The quantitative estimate of drug-likeness (QED) is 0.104. The molecule has 37 heavy (non-hydrogen) atoms. The van der Waals surface area contributed by atoms with E-state index >= 15 is 0 Å². The fourth-order valence-electron chi connectivity index (χ4n) is 2.86. The van der Waals surface area contributed by atoms with Crippen LogP contribution in [-0.2, 0) is 43.5 Å². The van der Waals surface area contributed by atoms with Gasteiger partial charge in [0, 0.05) is 19.2 Å². The first-order chi connectivity index (χ1) is 17.1. The number of carbonyl (C=O) groups is 1. The number of aromatic nitrogens is 2. The Hall–Kier alpha value is -1.83. The molecule has 1 aromatic heterocycles. The maximum Gasteiger partial charge on any atom is 0.483 e. The molecule has 0 radical (unpaired) electrons. The molecule has 1 saturated heterocycles. The topological polar surface area (TPSA) is 286 Å². The molecule has 0 bridgehead atoms. The molecule has 1 aliphatic heterocycles. The number of ether oxygens (including phenoxy) is 2. The number of H-pyrrole nitrogens is 1. The maximum atomic E-state index is 12.3. The van der Waals surface area contributed by atoms with Crippen molar-refractivity contribution in [3.05, 3.63) is 33.1 Å². The van der Waals surface area contributed by atoms with Crippen molar-refractivity contribution in [2.45, 2.75) is 50.4 Å². The van der Waals surface area contributed by atoms with Gasteiger partial charge in [-0.25, -0.2) is 13.9 Å². The minimum atomic E-state index is -5.51. The summed E-state index contributed by atoms with van der Waals surface area (Å²) in [4.78, 5) is 55.8. The van der Waals surface area contributed by atoms with E-state index in [9.17, 15) is 48.6 Å². The summed E-state index contributed by atoms with van der Waals surface area (Å²) in [6.45, 7) is -2.12. The summed E-state index contributed by atoms with van der Waals surface area (Å²) in [6, 6.07) is -0.586. The van der Waals surface area contributed by atoms with Gasteiger partial charge in [0.25, 0.3) is 5.56 Å². The molecule has 8 atom stereocenters. The van der Waals surface area contributed by atoms with Gasteiger partial charge in [0.2, 0.25) is 5.91 Å². The van der Waals surface area contributed by atoms with Gasteiger partial charge in [-0.05, 0) is 0 Å². The van der Waals surface area contributed by atoms with Gasteiger partial charge < -0.3 is 45.0 Å². The smallest absolute Gasteiger partial charge is 0.394 e. The first-order valence-electron chi connectivity index (χ1n) is 10.3. The minimum Gasteiger partial charge on any atom is -0.394 e. The lowest BCUT2D eigenvalue weighted by atomic mass is 10.0. The van der Waals surface area contributed by atoms with Crippen molar-refractivity contribution in [3.8, 4) is 0 Å². The van der Waals surface area contributed by atoms with Crippen molar-refractivity contribution in [2.75, 3.05) is 19.8 Å². The van der Waals surface area contributed by atoms with Crippen LogP contribution in [0, 0.1) is 0 Å². The average molecular weight is 579 g/mol. The number of phosphoric ester groups is 2. The van der Waals surface area contributed by atoms with Crippen molar-refractivity contribution in [2.24, 2.45) is 0 Å². The number of hydrogen-bond acceptors (Lipinski definition) is 14. The molecule has 1 amide bonds. The van der Waals surface area contributed by atoms with E-state index in [1.807, 2.05) is 4.98 Å². The zero-order valence-corrected chi connectivity index (χ0v) is 20.8. The first kappa shape index (κ1) is 31.4. The number of aromatic amines is 1. The Balaban J connectivity index is 2.03. The zero-order valence-electron chi connectivity index (χ0n) is 19.1. The molecule has 1 fully saturated rings. The molecule has 3 unspecified atom stereocenters. The second kappa shape index (κ2) is 13.3. The summed E-state index contributed by atoms with van der Waals surface area (Å²) < 4.78 is 48.8. The molecule has 0 aromatic carbocycles. The summed E-state index contributed by atoms with van der Waals surface area (Å²) in [5, 5.41) is 40.8. The van der Waals surface area contributed by atoms with E-state index in [1.54, 1.807) is 0 Å². The van der Waals surface area contributed by atoms with E-state index in [2.05, 4.69) is 18.7 Å². The van der Waals surface area contributed by atoms with Crippen LogP contribution in [0.2, 0.25) is 0 Å². The van der Waals surface area contributed by atoms with Crippen LogP contribution in [-0.4, -0.2) is 102 Å². The van der Waals surface area contributed by atoms with Gasteiger partial charge in [0.1, 0.15) is 37.2 Å². The van der Waals surface area contributed by atoms with Crippen LogP contribution in [0.4, 0.5) is 0 Å². The highest BCUT2D eigenvalue weighted by molar-refractivity contribution is 7.61. The van der Waals surface area contributed by atoms with Gasteiger partial charge in [-0.15, -0.1) is 0 Å². The molecule has 8 N–H and O–H groups in total. The van der Waals surface area contributed by atoms with Crippen LogP contribution in [0.25, 0.3) is 0 Å². The number of nitrogens with one attached hydrogen (secondary N) is 2. The maximum absolute atomic E-state index is 12.3. The minimum absolute atomic E-state index is 0.592. The Morgan fingerprint density at radius 1 is 1.30 bits per heavy atom. The molecule has 1 aromatic rings. The highest BCUT2D eigenvalue weighted by Gasteiger charge is 2.46. The van der Waals surface area contributed by atoms with Crippen molar-refractivity contribution in [1.82, 2.24) is 14.9 Å². The number of hydrogen-bond donors (Lipinski definition) is 8. The van der Waals surface area contributed by atoms with Crippen molar-refractivity contribution in [3.63, 3.8) is 0 Å². The molecule has 19 nitrogen and oxygen atoms in total. The van der Waals surface area contributed by atoms with E-state index in [1.165, 1.54) is 0 Å². The van der Waals surface area contributed by atoms with Crippen molar-refractivity contribution < 1.29 is 67.0 Å². The number of amides is 1. The third-order valence-corrected chi connectivity index (χ3v) is 7.24. The zero-order chi connectivity index (χ0) is 28.0. The Labute approximate surface area is 207 Å². The highest BCUT2D eigenvalue weighted by Crippen LogP contribution is 2.61. The normalized spacial score (nSPS) is 27.0. The fourth-order valence-corrected chi connectivity index (χ4v) is 5.04. The number of carbonyl (C=O) groups excluding carboxylic acids is 1. The van der Waals surface area contributed by atoms with Gasteiger partial charge in [0.15, 0.2) is 6.29 Å². The molecular formula is C16H27N3O16P2. The van der Waals surface area contributed by atoms with Crippen LogP contribution in [0.3, 0.4) is 0 Å². The number of rotatable bonds is 13. The molecule has 21 heteroatoms. The molecule has 0 saturated carbocycles. The van der Waals surface area contributed by atoms with Gasteiger partial charge in [-0.3, -0.25) is 28.2 Å². The number of nitrogens with zero attached hydrogens (tertiary/aromatic N) is 1. The van der Waals surface area contributed by atoms with E-state index in [0.717, 1.165) is 23.8 Å². The summed E-state index contributed by atoms with van der Waals surface area (Å²) in [6.07, 6.45) is -7.37. The summed E-state index contributed by atoms with van der Waals surface area (Å²) in [7, 11) is -11.0. The number of aliphatic hydroxyl groups excluding tert-OH is 4. The average Bonchev–Trinajstić information content (AvgIpc) is 2.78. The molecule has 1 aliphatic rings. The largest absolute Gasteiger partial charge is 0.483 e. The molecular weight excluding hydrogens is 552 g/mol. The molecule has 0 spiro atoms. The van der Waals surface area contributed by atoms with Crippen LogP contribution < -0.4 is 16.6 Å². The number of aliphatic hydroxyl groups is 4. The predicted octanol–water partition coefficient (Wildman–Crippen LogP) is -3.93. The molecule has 212 valence electrons. The molecule has 2 heterocycles. The van der Waals surface area contributed by atoms with Gasteiger partial charge in [-0.1, -0.05) is 0 Å². The number of phosphoric acid groups is 2. The van der Waals surface area contributed by atoms with E-state index in [0.29, 0.717) is 0 Å². The highest BCUT2D eigenvalue weighted by atomic mass is 31.3. The Bertz CT molecular complexity index is 1130. The standard InChI is InChI=1S/C16H27N3O16P2/c1-8(21)17-13-14(25)10(23)5-31-15(13)34-37(29,30)35-36(27,28)33-6-11(9(22)4-20)32-7-19-3-2-12(24)18-16(19)26/h2-3,9-11,13-15,20,22-23,25H,4-7H2,1H3,(H,17,21)(H,27,28)(H,29,30)(H,18,24,26)/t9?,10-,11-,13?,14?,15-/m1/s1. The summed E-state index contributed by atoms with van der Waals surface area (Å²) in [5.74, 6) is -0.738. The first-order valence-corrected chi connectivity index (χ1v) is 13.3. The Morgan fingerprint density at radius 3 is 2.57 bits per heavy atom. The lowest BCUT2D eigenvalue weighted by molar-refractivity contribution is -0.206. The fraction of sp³-hybridized carbons (Fsp3) is 0.688. The van der Waals surface area contributed by atoms with Crippen LogP contribution in [0.1, 0.15) is 6.92 Å². The Kier molecular flexibility index (Phi) is 11.3.